The van der Waals surface area contributed by atoms with Crippen LogP contribution in [0.1, 0.15) is 18.1 Å². The first-order valence-electron chi connectivity index (χ1n) is 4.66. The minimum atomic E-state index is -4.43. The molecule has 3 nitrogen and oxygen atoms in total. The highest BCUT2D eigenvalue weighted by atomic mass is 19.4. The Bertz CT molecular complexity index is 363. The summed E-state index contributed by atoms with van der Waals surface area (Å²) >= 11 is 0. The van der Waals surface area contributed by atoms with E-state index >= 15 is 0 Å². The minimum Gasteiger partial charge on any atom is -0.394 e. The van der Waals surface area contributed by atoms with Crippen LogP contribution in [0.5, 0.6) is 0 Å². The molecule has 16 heavy (non-hydrogen) atoms. The van der Waals surface area contributed by atoms with E-state index in [0.717, 1.165) is 18.5 Å². The van der Waals surface area contributed by atoms with E-state index in [2.05, 4.69) is 4.98 Å². The third-order valence-corrected chi connectivity index (χ3v) is 2.16. The zero-order chi connectivity index (χ0) is 12.4. The average molecular weight is 234 g/mol. The van der Waals surface area contributed by atoms with Crippen molar-refractivity contribution in [3.8, 4) is 0 Å². The molecule has 1 aromatic heterocycles. The molecule has 0 fully saturated rings. The number of nitrogens with two attached hydrogens (primary N) is 1. The molecule has 0 bridgehead atoms. The Kier molecular flexibility index (Phi) is 3.54. The Morgan fingerprint density at radius 2 is 2.06 bits per heavy atom. The molecule has 0 aliphatic heterocycles. The van der Waals surface area contributed by atoms with Crippen LogP contribution < -0.4 is 5.73 Å². The Hall–Kier alpha value is -1.14. The molecule has 1 unspecified atom stereocenters. The maximum absolute atomic E-state index is 12.6. The van der Waals surface area contributed by atoms with Crippen LogP contribution in [0.3, 0.4) is 0 Å². The molecule has 1 rings (SSSR count). The van der Waals surface area contributed by atoms with Crippen LogP contribution in [0.2, 0.25) is 0 Å². The predicted octanol–water partition coefficient (Wildman–Crippen LogP) is 1.35. The predicted molar refractivity (Wildman–Crippen MR) is 52.6 cm³/mol. The normalized spacial score (nSPS) is 15.9. The number of halogens is 3. The Morgan fingerprint density at radius 3 is 2.56 bits per heavy atom. The molecule has 0 spiro atoms. The summed E-state index contributed by atoms with van der Waals surface area (Å²) in [7, 11) is 0. The van der Waals surface area contributed by atoms with Crippen LogP contribution >= 0.6 is 0 Å². The van der Waals surface area contributed by atoms with E-state index in [0.29, 0.717) is 0 Å². The second kappa shape index (κ2) is 4.39. The summed E-state index contributed by atoms with van der Waals surface area (Å²) in [5, 5.41) is 8.92. The quantitative estimate of drug-likeness (QED) is 0.830. The van der Waals surface area contributed by atoms with Crippen molar-refractivity contribution in [3.63, 3.8) is 0 Å². The lowest BCUT2D eigenvalue weighted by Crippen LogP contribution is -2.42. The Labute approximate surface area is 91.1 Å². The minimum absolute atomic E-state index is 0.00551. The SMILES string of the molecule is CC(N)(CO)Cc1cnccc1C(F)(F)F. The highest BCUT2D eigenvalue weighted by Crippen LogP contribution is 2.32. The van der Waals surface area contributed by atoms with Crippen molar-refractivity contribution in [1.82, 2.24) is 4.98 Å². The van der Waals surface area contributed by atoms with Crippen LogP contribution in [-0.2, 0) is 12.6 Å². The topological polar surface area (TPSA) is 59.1 Å². The number of pyridine rings is 1. The van der Waals surface area contributed by atoms with Crippen LogP contribution in [0, 0.1) is 0 Å². The van der Waals surface area contributed by atoms with E-state index in [-0.39, 0.29) is 18.6 Å². The van der Waals surface area contributed by atoms with Crippen LogP contribution in [0.4, 0.5) is 13.2 Å². The van der Waals surface area contributed by atoms with Gasteiger partial charge in [0.05, 0.1) is 12.2 Å². The Morgan fingerprint density at radius 1 is 1.44 bits per heavy atom. The lowest BCUT2D eigenvalue weighted by Gasteiger charge is -2.23. The summed E-state index contributed by atoms with van der Waals surface area (Å²) in [4.78, 5) is 3.64. The van der Waals surface area contributed by atoms with E-state index < -0.39 is 17.3 Å². The summed E-state index contributed by atoms with van der Waals surface area (Å²) in [6, 6.07) is 0.906. The molecule has 1 atom stereocenters. The number of aromatic nitrogens is 1. The van der Waals surface area contributed by atoms with Gasteiger partial charge in [0, 0.05) is 17.9 Å². The average Bonchev–Trinajstić information content (AvgIpc) is 2.16. The maximum Gasteiger partial charge on any atom is 0.416 e. The van der Waals surface area contributed by atoms with E-state index in [1.807, 2.05) is 0 Å². The van der Waals surface area contributed by atoms with Gasteiger partial charge in [-0.25, -0.2) is 0 Å². The molecule has 6 heteroatoms. The summed E-state index contributed by atoms with van der Waals surface area (Å²) in [6.07, 6.45) is -2.29. The standard InChI is InChI=1S/C10H13F3N2O/c1-9(14,6-16)4-7-5-15-3-2-8(7)10(11,12)13/h2-3,5,16H,4,6,14H2,1H3. The van der Waals surface area contributed by atoms with Crippen LogP contribution in [0.25, 0.3) is 0 Å². The number of alkyl halides is 3. The number of aliphatic hydroxyl groups excluding tert-OH is 1. The second-order valence-electron chi connectivity index (χ2n) is 4.02. The molecule has 0 amide bonds. The van der Waals surface area contributed by atoms with Crippen LogP contribution in [-0.4, -0.2) is 22.2 Å². The fourth-order valence-electron chi connectivity index (χ4n) is 1.34. The molecule has 0 aliphatic carbocycles. The van der Waals surface area contributed by atoms with Gasteiger partial charge >= 0.3 is 6.18 Å². The second-order valence-corrected chi connectivity index (χ2v) is 4.02. The number of aliphatic hydroxyl groups is 1. The highest BCUT2D eigenvalue weighted by Gasteiger charge is 2.34. The molecule has 0 saturated heterocycles. The van der Waals surface area contributed by atoms with Crippen molar-refractivity contribution < 1.29 is 18.3 Å². The van der Waals surface area contributed by atoms with E-state index in [4.69, 9.17) is 10.8 Å². The monoisotopic (exact) mass is 234 g/mol. The fourth-order valence-corrected chi connectivity index (χ4v) is 1.34. The molecular formula is C10H13F3N2O. The van der Waals surface area contributed by atoms with Gasteiger partial charge in [0.2, 0.25) is 0 Å². The largest absolute Gasteiger partial charge is 0.416 e. The van der Waals surface area contributed by atoms with E-state index in [1.165, 1.54) is 6.92 Å². The van der Waals surface area contributed by atoms with Gasteiger partial charge < -0.3 is 10.8 Å². The molecule has 1 aromatic rings. The van der Waals surface area contributed by atoms with Gasteiger partial charge in [-0.05, 0) is 25.0 Å². The fraction of sp³-hybridized carbons (Fsp3) is 0.500. The first-order chi connectivity index (χ1) is 7.26. The molecule has 3 N–H and O–H groups in total. The van der Waals surface area contributed by atoms with Gasteiger partial charge in [-0.15, -0.1) is 0 Å². The molecule has 0 radical (unpaired) electrons. The summed E-state index contributed by atoms with van der Waals surface area (Å²) in [5.41, 5.74) is 3.77. The van der Waals surface area contributed by atoms with E-state index in [9.17, 15) is 13.2 Å². The van der Waals surface area contributed by atoms with Crippen molar-refractivity contribution in [1.29, 1.82) is 0 Å². The van der Waals surface area contributed by atoms with Gasteiger partial charge in [0.25, 0.3) is 0 Å². The first-order valence-corrected chi connectivity index (χ1v) is 4.66. The zero-order valence-corrected chi connectivity index (χ0v) is 8.75. The highest BCUT2D eigenvalue weighted by molar-refractivity contribution is 5.27. The molecule has 90 valence electrons. The van der Waals surface area contributed by atoms with Gasteiger partial charge in [-0.2, -0.15) is 13.2 Å². The van der Waals surface area contributed by atoms with Gasteiger partial charge in [-0.3, -0.25) is 4.98 Å². The van der Waals surface area contributed by atoms with Crippen molar-refractivity contribution in [3.05, 3.63) is 29.6 Å². The van der Waals surface area contributed by atoms with Gasteiger partial charge in [0.15, 0.2) is 0 Å². The number of nitrogens with zero attached hydrogens (tertiary/aromatic N) is 1. The Balaban J connectivity index is 3.06. The number of rotatable bonds is 3. The summed E-state index contributed by atoms with van der Waals surface area (Å²) in [6.45, 7) is 1.10. The van der Waals surface area contributed by atoms with Crippen LogP contribution in [0.15, 0.2) is 18.5 Å². The third kappa shape index (κ3) is 3.18. The van der Waals surface area contributed by atoms with Crippen molar-refractivity contribution >= 4 is 0 Å². The van der Waals surface area contributed by atoms with Gasteiger partial charge in [0.1, 0.15) is 0 Å². The number of hydrogen-bond acceptors (Lipinski definition) is 3. The molecule has 1 heterocycles. The third-order valence-electron chi connectivity index (χ3n) is 2.16. The van der Waals surface area contributed by atoms with Crippen molar-refractivity contribution in [2.24, 2.45) is 5.73 Å². The lowest BCUT2D eigenvalue weighted by atomic mass is 9.93. The first kappa shape index (κ1) is 12.9. The molecule has 0 aromatic carbocycles. The molecule has 0 saturated carbocycles. The smallest absolute Gasteiger partial charge is 0.394 e. The van der Waals surface area contributed by atoms with Gasteiger partial charge in [-0.1, -0.05) is 0 Å². The summed E-state index contributed by atoms with van der Waals surface area (Å²) < 4.78 is 37.8. The lowest BCUT2D eigenvalue weighted by molar-refractivity contribution is -0.138. The number of hydrogen-bond donors (Lipinski definition) is 2. The maximum atomic E-state index is 12.6. The van der Waals surface area contributed by atoms with Crippen molar-refractivity contribution in [2.45, 2.75) is 25.1 Å². The zero-order valence-electron chi connectivity index (χ0n) is 8.75. The molecular weight excluding hydrogens is 221 g/mol. The van der Waals surface area contributed by atoms with Crippen molar-refractivity contribution in [2.75, 3.05) is 6.61 Å². The molecule has 0 aliphatic rings. The van der Waals surface area contributed by atoms with E-state index in [1.54, 1.807) is 0 Å². The summed E-state index contributed by atoms with van der Waals surface area (Å²) in [5.74, 6) is 0.